The van der Waals surface area contributed by atoms with E-state index in [-0.39, 0.29) is 0 Å². The van der Waals surface area contributed by atoms with Gasteiger partial charge in [0, 0.05) is 11.1 Å². The van der Waals surface area contributed by atoms with Crippen LogP contribution in [-0.4, -0.2) is 29.8 Å². The van der Waals surface area contributed by atoms with Gasteiger partial charge in [0.2, 0.25) is 0 Å². The second kappa shape index (κ2) is 5.11. The fraction of sp³-hybridized carbons (Fsp3) is 0.182. The summed E-state index contributed by atoms with van der Waals surface area (Å²) in [7, 11) is 0. The molecule has 2 heterocycles. The minimum absolute atomic E-state index is 0.667. The van der Waals surface area contributed by atoms with Crippen LogP contribution in [0, 0.1) is 6.92 Å². The van der Waals surface area contributed by atoms with Crippen LogP contribution in [0.1, 0.15) is 11.3 Å². The fourth-order valence-electron chi connectivity index (χ4n) is 1.75. The van der Waals surface area contributed by atoms with Gasteiger partial charge >= 0.3 is 0 Å². The number of anilines is 1. The van der Waals surface area contributed by atoms with Gasteiger partial charge in [0.15, 0.2) is 0 Å². The van der Waals surface area contributed by atoms with E-state index >= 15 is 0 Å². The van der Waals surface area contributed by atoms with E-state index in [9.17, 15) is 0 Å². The van der Waals surface area contributed by atoms with Crippen LogP contribution < -0.4 is 5.32 Å². The van der Waals surface area contributed by atoms with Crippen LogP contribution in [0.5, 0.6) is 0 Å². The summed E-state index contributed by atoms with van der Waals surface area (Å²) in [5.74, 6) is 0. The molecular weight excluding hydrogens is 262 g/mol. The lowest BCUT2D eigenvalue weighted by atomic mass is 10.2. The fourth-order valence-corrected chi connectivity index (χ4v) is 2.20. The van der Waals surface area contributed by atoms with Crippen LogP contribution in [0.25, 0.3) is 5.69 Å². The summed E-state index contributed by atoms with van der Waals surface area (Å²) in [6.45, 7) is 2.69. The summed E-state index contributed by atoms with van der Waals surface area (Å²) in [5.41, 5.74) is 4.02. The molecule has 0 spiro atoms. The maximum Gasteiger partial charge on any atom is 0.143 e. The van der Waals surface area contributed by atoms with Gasteiger partial charge in [0.1, 0.15) is 6.33 Å². The van der Waals surface area contributed by atoms with Gasteiger partial charge in [-0.05, 0) is 52.6 Å². The third-order valence-corrected chi connectivity index (χ3v) is 3.22. The van der Waals surface area contributed by atoms with Crippen molar-refractivity contribution in [2.75, 3.05) is 5.32 Å². The van der Waals surface area contributed by atoms with Crippen LogP contribution in [0.15, 0.2) is 29.9 Å². The molecule has 0 aliphatic heterocycles. The van der Waals surface area contributed by atoms with Crippen LogP contribution >= 0.6 is 11.5 Å². The third-order valence-electron chi connectivity index (χ3n) is 2.67. The lowest BCUT2D eigenvalue weighted by Gasteiger charge is -2.08. The zero-order chi connectivity index (χ0) is 13.1. The van der Waals surface area contributed by atoms with Gasteiger partial charge in [-0.1, -0.05) is 4.49 Å². The smallest absolute Gasteiger partial charge is 0.143 e. The molecule has 0 aliphatic carbocycles. The summed E-state index contributed by atoms with van der Waals surface area (Å²) in [4.78, 5) is 0. The van der Waals surface area contributed by atoms with Crippen molar-refractivity contribution < 1.29 is 0 Å². The van der Waals surface area contributed by atoms with E-state index in [1.165, 1.54) is 11.5 Å². The van der Waals surface area contributed by atoms with E-state index in [1.54, 1.807) is 11.0 Å². The molecule has 0 amide bonds. The molecule has 0 fully saturated rings. The molecule has 0 saturated carbocycles. The lowest BCUT2D eigenvalue weighted by molar-refractivity contribution is 0.785. The third kappa shape index (κ3) is 2.58. The van der Waals surface area contributed by atoms with Gasteiger partial charge in [-0.3, -0.25) is 0 Å². The SMILES string of the molecule is Cc1cc(NCc2csnn2)ccc1-n1cnnn1. The number of nitrogens with zero attached hydrogens (tertiary/aromatic N) is 6. The van der Waals surface area contributed by atoms with Crippen molar-refractivity contribution >= 4 is 17.2 Å². The summed E-state index contributed by atoms with van der Waals surface area (Å²) >= 11 is 1.35. The van der Waals surface area contributed by atoms with E-state index in [0.29, 0.717) is 6.54 Å². The number of aryl methyl sites for hydroxylation is 1. The highest BCUT2D eigenvalue weighted by atomic mass is 32.1. The molecule has 7 nitrogen and oxygen atoms in total. The van der Waals surface area contributed by atoms with Crippen LogP contribution in [-0.2, 0) is 6.54 Å². The van der Waals surface area contributed by atoms with Crippen molar-refractivity contribution in [3.8, 4) is 5.69 Å². The second-order valence-electron chi connectivity index (χ2n) is 4.01. The Morgan fingerprint density at radius 3 is 3.00 bits per heavy atom. The molecule has 0 bridgehead atoms. The topological polar surface area (TPSA) is 81.4 Å². The quantitative estimate of drug-likeness (QED) is 0.774. The minimum Gasteiger partial charge on any atom is -0.379 e. The number of tetrazole rings is 1. The molecule has 0 unspecified atom stereocenters. The standard InChI is InChI=1S/C11H11N7S/c1-8-4-9(12-5-10-6-19-17-14-10)2-3-11(8)18-7-13-15-16-18/h2-4,6-7,12H,5H2,1H3. The average Bonchev–Trinajstić information content (AvgIpc) is 3.10. The number of hydrogen-bond donors (Lipinski definition) is 1. The average molecular weight is 273 g/mol. The van der Waals surface area contributed by atoms with Crippen molar-refractivity contribution in [3.63, 3.8) is 0 Å². The zero-order valence-corrected chi connectivity index (χ0v) is 11.0. The molecule has 0 saturated heterocycles. The predicted octanol–water partition coefficient (Wildman–Crippen LogP) is 1.43. The first-order valence-corrected chi connectivity index (χ1v) is 6.50. The summed E-state index contributed by atoms with van der Waals surface area (Å²) < 4.78 is 5.47. The molecule has 1 aromatic carbocycles. The number of rotatable bonds is 4. The van der Waals surface area contributed by atoms with Crippen LogP contribution in [0.2, 0.25) is 0 Å². The van der Waals surface area contributed by atoms with Crippen LogP contribution in [0.3, 0.4) is 0 Å². The number of hydrogen-bond acceptors (Lipinski definition) is 7. The Morgan fingerprint density at radius 1 is 1.37 bits per heavy atom. The normalized spacial score (nSPS) is 10.6. The Balaban J connectivity index is 1.76. The summed E-state index contributed by atoms with van der Waals surface area (Å²) in [5, 5.41) is 20.4. The molecule has 1 N–H and O–H groups in total. The number of nitrogens with one attached hydrogen (secondary N) is 1. The zero-order valence-electron chi connectivity index (χ0n) is 10.2. The van der Waals surface area contributed by atoms with Gasteiger partial charge in [0.05, 0.1) is 17.9 Å². The van der Waals surface area contributed by atoms with E-state index < -0.39 is 0 Å². The summed E-state index contributed by atoms with van der Waals surface area (Å²) in [6.07, 6.45) is 1.58. The van der Waals surface area contributed by atoms with Gasteiger partial charge in [-0.2, -0.15) is 0 Å². The molecule has 0 aliphatic rings. The molecule has 2 aromatic heterocycles. The van der Waals surface area contributed by atoms with Crippen LogP contribution in [0.4, 0.5) is 5.69 Å². The Hall–Kier alpha value is -2.35. The Bertz CT molecular complexity index is 648. The molecule has 3 aromatic rings. The lowest BCUT2D eigenvalue weighted by Crippen LogP contribution is -2.02. The van der Waals surface area contributed by atoms with E-state index in [2.05, 4.69) is 36.5 Å². The first-order valence-electron chi connectivity index (χ1n) is 5.67. The minimum atomic E-state index is 0.667. The Kier molecular flexibility index (Phi) is 3.15. The maximum atomic E-state index is 3.99. The first-order chi connectivity index (χ1) is 9.33. The first kappa shape index (κ1) is 11.7. The molecular formula is C11H11N7S. The van der Waals surface area contributed by atoms with Gasteiger partial charge in [0.25, 0.3) is 0 Å². The second-order valence-corrected chi connectivity index (χ2v) is 4.62. The van der Waals surface area contributed by atoms with Gasteiger partial charge < -0.3 is 5.32 Å². The van der Waals surface area contributed by atoms with Gasteiger partial charge in [-0.25, -0.2) is 4.68 Å². The molecule has 19 heavy (non-hydrogen) atoms. The number of aromatic nitrogens is 6. The molecule has 0 atom stereocenters. The molecule has 8 heteroatoms. The predicted molar refractivity (Wildman–Crippen MR) is 71.1 cm³/mol. The van der Waals surface area contributed by atoms with E-state index in [4.69, 9.17) is 0 Å². The number of benzene rings is 1. The highest BCUT2D eigenvalue weighted by Gasteiger charge is 2.04. The maximum absolute atomic E-state index is 3.99. The van der Waals surface area contributed by atoms with Gasteiger partial charge in [-0.15, -0.1) is 10.2 Å². The van der Waals surface area contributed by atoms with Crippen molar-refractivity contribution in [1.29, 1.82) is 0 Å². The monoisotopic (exact) mass is 273 g/mol. The van der Waals surface area contributed by atoms with E-state index in [0.717, 1.165) is 22.6 Å². The largest absolute Gasteiger partial charge is 0.379 e. The highest BCUT2D eigenvalue weighted by molar-refractivity contribution is 7.03. The van der Waals surface area contributed by atoms with E-state index in [1.807, 2.05) is 24.4 Å². The Morgan fingerprint density at radius 2 is 2.32 bits per heavy atom. The molecule has 3 rings (SSSR count). The summed E-state index contributed by atoms with van der Waals surface area (Å²) in [6, 6.07) is 6.02. The van der Waals surface area contributed by atoms with Crippen molar-refractivity contribution in [2.24, 2.45) is 0 Å². The van der Waals surface area contributed by atoms with Crippen molar-refractivity contribution in [3.05, 3.63) is 41.2 Å². The molecule has 96 valence electrons. The molecule has 0 radical (unpaired) electrons. The van der Waals surface area contributed by atoms with Crippen molar-refractivity contribution in [1.82, 2.24) is 29.8 Å². The highest BCUT2D eigenvalue weighted by Crippen LogP contribution is 2.18. The van der Waals surface area contributed by atoms with Crippen molar-refractivity contribution in [2.45, 2.75) is 13.5 Å². The Labute approximate surface area is 113 Å².